The Hall–Kier alpha value is -2.08. The third kappa shape index (κ3) is 7.08. The van der Waals surface area contributed by atoms with Gasteiger partial charge in [-0.2, -0.15) is 0 Å². The molecule has 0 saturated carbocycles. The van der Waals surface area contributed by atoms with Crippen LogP contribution >= 0.6 is 0 Å². The number of hydrogen-bond donors (Lipinski definition) is 2. The molecule has 2 N–H and O–H groups in total. The van der Waals surface area contributed by atoms with E-state index in [0.29, 0.717) is 25.1 Å². The van der Waals surface area contributed by atoms with Gasteiger partial charge in [0, 0.05) is 20.0 Å². The van der Waals surface area contributed by atoms with Gasteiger partial charge in [0.15, 0.2) is 0 Å². The summed E-state index contributed by atoms with van der Waals surface area (Å²) in [6, 6.07) is 7.24. The average molecular weight is 307 g/mol. The molecular formula is C16H25N3O3. The van der Waals surface area contributed by atoms with Crippen molar-refractivity contribution in [1.29, 1.82) is 0 Å². The smallest absolute Gasteiger partial charge is 0.410 e. The van der Waals surface area contributed by atoms with Crippen LogP contribution in [-0.2, 0) is 11.2 Å². The molecule has 2 amide bonds. The van der Waals surface area contributed by atoms with Crippen molar-refractivity contribution in [3.05, 3.63) is 29.8 Å². The lowest BCUT2D eigenvalue weighted by Gasteiger charge is -2.11. The van der Waals surface area contributed by atoms with Gasteiger partial charge in [-0.25, -0.2) is 4.79 Å². The fourth-order valence-corrected chi connectivity index (χ4v) is 1.92. The van der Waals surface area contributed by atoms with Crippen LogP contribution < -0.4 is 15.4 Å². The molecule has 22 heavy (non-hydrogen) atoms. The van der Waals surface area contributed by atoms with Gasteiger partial charge in [0.2, 0.25) is 5.91 Å². The minimum Gasteiger partial charge on any atom is -0.410 e. The summed E-state index contributed by atoms with van der Waals surface area (Å²) in [5.74, 6) is 0.496. The maximum absolute atomic E-state index is 11.8. The number of nitrogens with one attached hydrogen (secondary N) is 2. The van der Waals surface area contributed by atoms with Gasteiger partial charge in [0.25, 0.3) is 0 Å². The third-order valence-corrected chi connectivity index (χ3v) is 3.11. The highest BCUT2D eigenvalue weighted by molar-refractivity contribution is 5.76. The Morgan fingerprint density at radius 3 is 2.64 bits per heavy atom. The number of ether oxygens (including phenoxy) is 1. The van der Waals surface area contributed by atoms with E-state index in [9.17, 15) is 9.59 Å². The first-order chi connectivity index (χ1) is 10.5. The van der Waals surface area contributed by atoms with Crippen molar-refractivity contribution in [2.24, 2.45) is 0 Å². The molecule has 0 heterocycles. The van der Waals surface area contributed by atoms with Gasteiger partial charge in [-0.1, -0.05) is 18.2 Å². The van der Waals surface area contributed by atoms with E-state index in [2.05, 4.69) is 15.5 Å². The van der Waals surface area contributed by atoms with Crippen LogP contribution in [0, 0.1) is 0 Å². The zero-order valence-electron chi connectivity index (χ0n) is 13.5. The molecule has 0 unspecified atom stereocenters. The van der Waals surface area contributed by atoms with E-state index < -0.39 is 6.09 Å². The average Bonchev–Trinajstić information content (AvgIpc) is 2.50. The van der Waals surface area contributed by atoms with Crippen LogP contribution in [0.25, 0.3) is 0 Å². The second-order valence-corrected chi connectivity index (χ2v) is 5.25. The number of benzene rings is 1. The zero-order chi connectivity index (χ0) is 16.4. The number of rotatable bonds is 8. The molecule has 0 aromatic heterocycles. The summed E-state index contributed by atoms with van der Waals surface area (Å²) in [4.78, 5) is 25.2. The van der Waals surface area contributed by atoms with Gasteiger partial charge in [0.1, 0.15) is 5.75 Å². The van der Waals surface area contributed by atoms with E-state index in [1.54, 1.807) is 12.1 Å². The Labute approximate surface area is 131 Å². The van der Waals surface area contributed by atoms with E-state index in [1.165, 1.54) is 7.05 Å². The molecule has 0 spiro atoms. The number of carbonyl (C=O) groups is 2. The van der Waals surface area contributed by atoms with E-state index in [0.717, 1.165) is 18.5 Å². The fraction of sp³-hybridized carbons (Fsp3) is 0.500. The molecule has 122 valence electrons. The molecule has 0 saturated heterocycles. The van der Waals surface area contributed by atoms with Crippen LogP contribution in [0.15, 0.2) is 24.3 Å². The van der Waals surface area contributed by atoms with E-state index in [-0.39, 0.29) is 5.91 Å². The Morgan fingerprint density at radius 2 is 1.95 bits per heavy atom. The van der Waals surface area contributed by atoms with Crippen LogP contribution in [0.2, 0.25) is 0 Å². The number of amides is 2. The summed E-state index contributed by atoms with van der Waals surface area (Å²) in [5, 5.41) is 5.30. The Balaban J connectivity index is 2.40. The van der Waals surface area contributed by atoms with Gasteiger partial charge in [-0.15, -0.1) is 0 Å². The van der Waals surface area contributed by atoms with Crippen molar-refractivity contribution in [3.8, 4) is 5.75 Å². The van der Waals surface area contributed by atoms with Crippen molar-refractivity contribution >= 4 is 12.0 Å². The predicted octanol–water partition coefficient (Wildman–Crippen LogP) is 1.41. The molecule has 0 aliphatic heterocycles. The van der Waals surface area contributed by atoms with E-state index >= 15 is 0 Å². The third-order valence-electron chi connectivity index (χ3n) is 3.11. The first kappa shape index (κ1) is 18.0. The molecule has 1 aromatic carbocycles. The SMILES string of the molecule is CNC(=O)Oc1ccccc1CCC(=O)NCCCN(C)C. The molecule has 0 fully saturated rings. The van der Waals surface area contributed by atoms with Crippen molar-refractivity contribution in [3.63, 3.8) is 0 Å². The summed E-state index contributed by atoms with van der Waals surface area (Å²) >= 11 is 0. The summed E-state index contributed by atoms with van der Waals surface area (Å²) in [5.41, 5.74) is 0.842. The number of para-hydroxylation sites is 1. The lowest BCUT2D eigenvalue weighted by Crippen LogP contribution is -2.27. The van der Waals surface area contributed by atoms with Crippen LogP contribution in [0.3, 0.4) is 0 Å². The van der Waals surface area contributed by atoms with Crippen LogP contribution in [0.5, 0.6) is 5.75 Å². The Morgan fingerprint density at radius 1 is 1.23 bits per heavy atom. The quantitative estimate of drug-likeness (QED) is 0.712. The largest absolute Gasteiger partial charge is 0.412 e. The molecule has 1 aromatic rings. The molecule has 0 aliphatic carbocycles. The standard InChI is InChI=1S/C16H25N3O3/c1-17-16(21)22-14-8-5-4-7-13(14)9-10-15(20)18-11-6-12-19(2)3/h4-5,7-8H,6,9-12H2,1-3H3,(H,17,21)(H,18,20). The minimum absolute atomic E-state index is 0.00787. The molecule has 0 aliphatic rings. The zero-order valence-corrected chi connectivity index (χ0v) is 13.5. The van der Waals surface area contributed by atoms with Crippen molar-refractivity contribution in [2.75, 3.05) is 34.2 Å². The summed E-state index contributed by atoms with van der Waals surface area (Å²) in [6.07, 6.45) is 1.32. The van der Waals surface area contributed by atoms with Gasteiger partial charge in [-0.3, -0.25) is 4.79 Å². The number of hydrogen-bond acceptors (Lipinski definition) is 4. The minimum atomic E-state index is -0.513. The van der Waals surface area contributed by atoms with Crippen LogP contribution in [-0.4, -0.2) is 51.1 Å². The van der Waals surface area contributed by atoms with Gasteiger partial charge >= 0.3 is 6.09 Å². The molecule has 0 bridgehead atoms. The molecule has 0 radical (unpaired) electrons. The van der Waals surface area contributed by atoms with Crippen LogP contribution in [0.1, 0.15) is 18.4 Å². The van der Waals surface area contributed by atoms with Gasteiger partial charge in [-0.05, 0) is 45.1 Å². The number of aryl methyl sites for hydroxylation is 1. The Kier molecular flexibility index (Phi) is 7.99. The second kappa shape index (κ2) is 9.78. The number of carbonyl (C=O) groups excluding carboxylic acids is 2. The Bertz CT molecular complexity index is 489. The summed E-state index contributed by atoms with van der Waals surface area (Å²) in [6.45, 7) is 1.62. The topological polar surface area (TPSA) is 70.7 Å². The van der Waals surface area contributed by atoms with Crippen LogP contribution in [0.4, 0.5) is 4.79 Å². The highest BCUT2D eigenvalue weighted by Crippen LogP contribution is 2.19. The summed E-state index contributed by atoms with van der Waals surface area (Å²) in [7, 11) is 5.52. The highest BCUT2D eigenvalue weighted by Gasteiger charge is 2.09. The first-order valence-electron chi connectivity index (χ1n) is 7.42. The molecular weight excluding hydrogens is 282 g/mol. The monoisotopic (exact) mass is 307 g/mol. The number of nitrogens with zero attached hydrogens (tertiary/aromatic N) is 1. The highest BCUT2D eigenvalue weighted by atomic mass is 16.6. The molecule has 6 heteroatoms. The maximum atomic E-state index is 11.8. The van der Waals surface area contributed by atoms with Gasteiger partial charge in [0.05, 0.1) is 0 Å². The van der Waals surface area contributed by atoms with Crippen molar-refractivity contribution < 1.29 is 14.3 Å². The van der Waals surface area contributed by atoms with Crippen molar-refractivity contribution in [1.82, 2.24) is 15.5 Å². The fourth-order valence-electron chi connectivity index (χ4n) is 1.92. The lowest BCUT2D eigenvalue weighted by molar-refractivity contribution is -0.121. The molecule has 1 rings (SSSR count). The van der Waals surface area contributed by atoms with Gasteiger partial charge < -0.3 is 20.3 Å². The normalized spacial score (nSPS) is 10.4. The van der Waals surface area contributed by atoms with E-state index in [1.807, 2.05) is 26.2 Å². The lowest BCUT2D eigenvalue weighted by atomic mass is 10.1. The second-order valence-electron chi connectivity index (χ2n) is 5.25. The molecule has 6 nitrogen and oxygen atoms in total. The predicted molar refractivity (Wildman–Crippen MR) is 86.0 cm³/mol. The maximum Gasteiger partial charge on any atom is 0.412 e. The first-order valence-corrected chi connectivity index (χ1v) is 7.42. The summed E-state index contributed by atoms with van der Waals surface area (Å²) < 4.78 is 5.16. The van der Waals surface area contributed by atoms with Crippen molar-refractivity contribution in [2.45, 2.75) is 19.3 Å². The molecule has 0 atom stereocenters. The van der Waals surface area contributed by atoms with E-state index in [4.69, 9.17) is 4.74 Å².